The molecule has 1 saturated heterocycles. The molecule has 1 aromatic heterocycles. The first kappa shape index (κ1) is 29.2. The smallest absolute Gasteiger partial charge is 0.326 e. The van der Waals surface area contributed by atoms with E-state index in [1.165, 1.54) is 4.90 Å². The van der Waals surface area contributed by atoms with E-state index in [1.54, 1.807) is 6.20 Å². The lowest BCUT2D eigenvalue weighted by molar-refractivity contribution is -0.145. The third-order valence-corrected chi connectivity index (χ3v) is 7.39. The summed E-state index contributed by atoms with van der Waals surface area (Å²) in [5.41, 5.74) is 7.72. The molecule has 2 aromatic rings. The molecule has 0 spiro atoms. The van der Waals surface area contributed by atoms with Crippen LogP contribution in [0.1, 0.15) is 58.9 Å². The zero-order chi connectivity index (χ0) is 28.0. The lowest BCUT2D eigenvalue weighted by atomic mass is 9.96. The van der Waals surface area contributed by atoms with Crippen LogP contribution < -0.4 is 16.4 Å². The fraction of sp³-hybridized carbons (Fsp3) is 0.571. The van der Waals surface area contributed by atoms with Crippen LogP contribution in [0.5, 0.6) is 0 Å². The van der Waals surface area contributed by atoms with Gasteiger partial charge in [-0.1, -0.05) is 52.3 Å². The van der Waals surface area contributed by atoms with Crippen molar-refractivity contribution in [3.63, 3.8) is 0 Å². The number of fused-ring (bicyclic) bond motifs is 1. The van der Waals surface area contributed by atoms with Gasteiger partial charge in [0.15, 0.2) is 0 Å². The maximum Gasteiger partial charge on any atom is 0.326 e. The van der Waals surface area contributed by atoms with Gasteiger partial charge < -0.3 is 31.4 Å². The highest BCUT2D eigenvalue weighted by Crippen LogP contribution is 2.23. The standard InChI is InChI=1S/C28H41N5O5/c1-5-17(4)24(32-25(34)20(29)13-16(2)3)27(36)33-12-8-11-23(33)26(35)31-22(28(37)38)14-18-15-30-21-10-7-6-9-19(18)21/h6-7,9-10,15-17,20,22-24,30H,5,8,11-14,29H2,1-4H3,(H,31,35)(H,32,34)(H,37,38). The molecule has 2 heterocycles. The zero-order valence-corrected chi connectivity index (χ0v) is 22.7. The van der Waals surface area contributed by atoms with Gasteiger partial charge in [-0.25, -0.2) is 4.79 Å². The van der Waals surface area contributed by atoms with E-state index in [1.807, 2.05) is 52.0 Å². The minimum absolute atomic E-state index is 0.102. The fourth-order valence-corrected chi connectivity index (χ4v) is 5.03. The second-order valence-corrected chi connectivity index (χ2v) is 10.8. The zero-order valence-electron chi connectivity index (χ0n) is 22.7. The van der Waals surface area contributed by atoms with E-state index in [-0.39, 0.29) is 30.1 Å². The van der Waals surface area contributed by atoms with Gasteiger partial charge in [0.05, 0.1) is 6.04 Å². The van der Waals surface area contributed by atoms with E-state index in [9.17, 15) is 24.3 Å². The van der Waals surface area contributed by atoms with E-state index in [0.717, 1.165) is 16.5 Å². The molecular weight excluding hydrogens is 486 g/mol. The van der Waals surface area contributed by atoms with Crippen molar-refractivity contribution in [3.05, 3.63) is 36.0 Å². The number of carbonyl (C=O) groups is 4. The second-order valence-electron chi connectivity index (χ2n) is 10.8. The highest BCUT2D eigenvalue weighted by Gasteiger charge is 2.40. The molecule has 5 atom stereocenters. The topological polar surface area (TPSA) is 158 Å². The molecule has 6 N–H and O–H groups in total. The quantitative estimate of drug-likeness (QED) is 0.285. The summed E-state index contributed by atoms with van der Waals surface area (Å²) in [7, 11) is 0. The molecule has 1 aliphatic heterocycles. The first-order chi connectivity index (χ1) is 18.0. The van der Waals surface area contributed by atoms with Gasteiger partial charge >= 0.3 is 5.97 Å². The van der Waals surface area contributed by atoms with Crippen molar-refractivity contribution in [3.8, 4) is 0 Å². The van der Waals surface area contributed by atoms with Crippen LogP contribution in [-0.2, 0) is 25.6 Å². The largest absolute Gasteiger partial charge is 0.480 e. The van der Waals surface area contributed by atoms with Crippen LogP contribution in [0, 0.1) is 11.8 Å². The predicted molar refractivity (Wildman–Crippen MR) is 145 cm³/mol. The third-order valence-electron chi connectivity index (χ3n) is 7.39. The highest BCUT2D eigenvalue weighted by molar-refractivity contribution is 5.95. The van der Waals surface area contributed by atoms with Gasteiger partial charge in [0.25, 0.3) is 0 Å². The first-order valence-electron chi connectivity index (χ1n) is 13.5. The average molecular weight is 528 g/mol. The monoisotopic (exact) mass is 527 g/mol. The van der Waals surface area contributed by atoms with Gasteiger partial charge in [-0.15, -0.1) is 0 Å². The number of nitrogens with two attached hydrogens (primary N) is 1. The third kappa shape index (κ3) is 6.92. The van der Waals surface area contributed by atoms with Gasteiger partial charge in [-0.2, -0.15) is 0 Å². The van der Waals surface area contributed by atoms with Crippen LogP contribution >= 0.6 is 0 Å². The Bertz CT molecular complexity index is 1150. The number of aromatic nitrogens is 1. The van der Waals surface area contributed by atoms with E-state index < -0.39 is 36.0 Å². The van der Waals surface area contributed by atoms with Crippen molar-refractivity contribution in [2.75, 3.05) is 6.54 Å². The Morgan fingerprint density at radius 1 is 1.16 bits per heavy atom. The molecule has 0 saturated carbocycles. The van der Waals surface area contributed by atoms with Gasteiger partial charge in [0.2, 0.25) is 17.7 Å². The molecule has 0 aliphatic carbocycles. The SMILES string of the molecule is CCC(C)C(NC(=O)C(N)CC(C)C)C(=O)N1CCCC1C(=O)NC(Cc1c[nH]c2ccccc12)C(=O)O. The first-order valence-corrected chi connectivity index (χ1v) is 13.5. The summed E-state index contributed by atoms with van der Waals surface area (Å²) < 4.78 is 0. The molecule has 1 aromatic carbocycles. The Balaban J connectivity index is 1.73. The lowest BCUT2D eigenvalue weighted by Crippen LogP contribution is -2.58. The minimum atomic E-state index is -1.15. The number of amides is 3. The van der Waals surface area contributed by atoms with Crippen molar-refractivity contribution < 1.29 is 24.3 Å². The summed E-state index contributed by atoms with van der Waals surface area (Å²) in [4.78, 5) is 56.3. The summed E-state index contributed by atoms with van der Waals surface area (Å²) in [5.74, 6) is -2.33. The molecule has 5 unspecified atom stereocenters. The maximum absolute atomic E-state index is 13.6. The maximum atomic E-state index is 13.6. The molecule has 1 fully saturated rings. The van der Waals surface area contributed by atoms with Gasteiger partial charge in [-0.05, 0) is 42.7 Å². The van der Waals surface area contributed by atoms with Crippen LogP contribution in [0.4, 0.5) is 0 Å². The highest BCUT2D eigenvalue weighted by atomic mass is 16.4. The molecule has 1 aliphatic rings. The number of aromatic amines is 1. The predicted octanol–water partition coefficient (Wildman–Crippen LogP) is 2.18. The summed E-state index contributed by atoms with van der Waals surface area (Å²) in [6.07, 6.45) is 4.03. The number of nitrogens with one attached hydrogen (secondary N) is 3. The van der Waals surface area contributed by atoms with E-state index in [0.29, 0.717) is 32.2 Å². The molecule has 0 bridgehead atoms. The number of aliphatic carboxylic acids is 1. The number of likely N-dealkylation sites (tertiary alicyclic amines) is 1. The van der Waals surface area contributed by atoms with Crippen molar-refractivity contribution in [2.24, 2.45) is 17.6 Å². The Hall–Kier alpha value is -3.40. The Labute approximate surface area is 223 Å². The van der Waals surface area contributed by atoms with Crippen molar-refractivity contribution in [2.45, 2.75) is 84.0 Å². The summed E-state index contributed by atoms with van der Waals surface area (Å²) >= 11 is 0. The van der Waals surface area contributed by atoms with Crippen molar-refractivity contribution >= 4 is 34.6 Å². The molecule has 3 rings (SSSR count). The Morgan fingerprint density at radius 2 is 1.87 bits per heavy atom. The number of nitrogens with zero attached hydrogens (tertiary/aromatic N) is 1. The Kier molecular flexibility index (Phi) is 9.90. The molecule has 10 heteroatoms. The number of hydrogen-bond donors (Lipinski definition) is 5. The molecule has 208 valence electrons. The molecule has 0 radical (unpaired) electrons. The number of benzene rings is 1. The van der Waals surface area contributed by atoms with Crippen LogP contribution in [0.2, 0.25) is 0 Å². The van der Waals surface area contributed by atoms with Crippen LogP contribution in [0.15, 0.2) is 30.5 Å². The number of carboxylic acid groups (broad SMARTS) is 1. The molecular formula is C28H41N5O5. The molecule has 38 heavy (non-hydrogen) atoms. The minimum Gasteiger partial charge on any atom is -0.480 e. The summed E-state index contributed by atoms with van der Waals surface area (Å²) in [6.45, 7) is 8.12. The lowest BCUT2D eigenvalue weighted by Gasteiger charge is -2.32. The van der Waals surface area contributed by atoms with E-state index in [2.05, 4.69) is 15.6 Å². The number of carbonyl (C=O) groups excluding carboxylic acids is 3. The number of carboxylic acids is 1. The average Bonchev–Trinajstić information content (AvgIpc) is 3.53. The molecule has 10 nitrogen and oxygen atoms in total. The summed E-state index contributed by atoms with van der Waals surface area (Å²) in [6, 6.07) is 4.05. The number of H-pyrrole nitrogens is 1. The number of hydrogen-bond acceptors (Lipinski definition) is 5. The van der Waals surface area contributed by atoms with Crippen LogP contribution in [0.25, 0.3) is 10.9 Å². The van der Waals surface area contributed by atoms with Crippen molar-refractivity contribution in [1.82, 2.24) is 20.5 Å². The van der Waals surface area contributed by atoms with Gasteiger partial charge in [0, 0.05) is 30.1 Å². The number of para-hydroxylation sites is 1. The van der Waals surface area contributed by atoms with Crippen LogP contribution in [0.3, 0.4) is 0 Å². The fourth-order valence-electron chi connectivity index (χ4n) is 5.03. The second kappa shape index (κ2) is 12.9. The number of rotatable bonds is 12. The summed E-state index contributed by atoms with van der Waals surface area (Å²) in [5, 5.41) is 16.2. The van der Waals surface area contributed by atoms with Crippen LogP contribution in [-0.4, -0.2) is 69.4 Å². The van der Waals surface area contributed by atoms with E-state index in [4.69, 9.17) is 5.73 Å². The van der Waals surface area contributed by atoms with Gasteiger partial charge in [0.1, 0.15) is 18.1 Å². The van der Waals surface area contributed by atoms with E-state index >= 15 is 0 Å². The van der Waals surface area contributed by atoms with Crippen molar-refractivity contribution in [1.29, 1.82) is 0 Å². The normalized spacial score (nSPS) is 18.7. The molecule has 3 amide bonds. The van der Waals surface area contributed by atoms with Gasteiger partial charge in [-0.3, -0.25) is 14.4 Å². The Morgan fingerprint density at radius 3 is 2.53 bits per heavy atom.